The van der Waals surface area contributed by atoms with Crippen molar-refractivity contribution in [1.29, 1.82) is 0 Å². The van der Waals surface area contributed by atoms with E-state index in [1.807, 2.05) is 25.7 Å². The van der Waals surface area contributed by atoms with Gasteiger partial charge in [0, 0.05) is 19.3 Å². The van der Waals surface area contributed by atoms with Crippen LogP contribution in [0, 0.1) is 0 Å². The van der Waals surface area contributed by atoms with Crippen molar-refractivity contribution in [2.24, 2.45) is 0 Å². The van der Waals surface area contributed by atoms with Gasteiger partial charge >= 0.3 is 0 Å². The fourth-order valence-electron chi connectivity index (χ4n) is 1.51. The summed E-state index contributed by atoms with van der Waals surface area (Å²) in [5, 5.41) is 0.563. The maximum Gasteiger partial charge on any atom is 0.235 e. The fourth-order valence-corrected chi connectivity index (χ4v) is 2.42. The second-order valence-corrected chi connectivity index (χ2v) is 5.00. The summed E-state index contributed by atoms with van der Waals surface area (Å²) < 4.78 is 0. The van der Waals surface area contributed by atoms with Crippen molar-refractivity contribution in [1.82, 2.24) is 9.88 Å². The molecule has 1 heterocycles. The summed E-state index contributed by atoms with van der Waals surface area (Å²) in [5.41, 5.74) is 6.42. The zero-order chi connectivity index (χ0) is 12.8. The molecular formula is C12H19N3OS. The Balaban J connectivity index is 2.69. The lowest BCUT2D eigenvalue weighted by Gasteiger charge is -2.22. The lowest BCUT2D eigenvalue weighted by molar-refractivity contribution is -0.129. The Morgan fingerprint density at radius 1 is 1.53 bits per heavy atom. The third-order valence-corrected chi connectivity index (χ3v) is 3.63. The number of hydrogen-bond donors (Lipinski definition) is 1. The van der Waals surface area contributed by atoms with Crippen LogP contribution in [0.3, 0.4) is 0 Å². The van der Waals surface area contributed by atoms with Gasteiger partial charge in [-0.25, -0.2) is 4.98 Å². The van der Waals surface area contributed by atoms with Crippen LogP contribution >= 0.6 is 11.8 Å². The molecule has 1 atom stereocenters. The van der Waals surface area contributed by atoms with Crippen LogP contribution in [0.15, 0.2) is 23.4 Å². The quantitative estimate of drug-likeness (QED) is 0.816. The maximum absolute atomic E-state index is 12.1. The van der Waals surface area contributed by atoms with Gasteiger partial charge in [0.15, 0.2) is 0 Å². The number of aromatic nitrogens is 1. The molecule has 1 amide bonds. The predicted molar refractivity (Wildman–Crippen MR) is 71.9 cm³/mol. The first-order valence-electron chi connectivity index (χ1n) is 5.76. The monoisotopic (exact) mass is 253 g/mol. The van der Waals surface area contributed by atoms with Crippen molar-refractivity contribution in [3.63, 3.8) is 0 Å². The number of carbonyl (C=O) groups excluding carboxylic acids is 1. The van der Waals surface area contributed by atoms with E-state index in [1.54, 1.807) is 18.3 Å². The summed E-state index contributed by atoms with van der Waals surface area (Å²) in [6, 6.07) is 3.58. The third-order valence-electron chi connectivity index (χ3n) is 2.51. The fraction of sp³-hybridized carbons (Fsp3) is 0.500. The predicted octanol–water partition coefficient (Wildman–Crippen LogP) is 2.01. The molecule has 94 valence electrons. The van der Waals surface area contributed by atoms with Crippen LogP contribution in [0.2, 0.25) is 0 Å². The van der Waals surface area contributed by atoms with Gasteiger partial charge in [0.2, 0.25) is 5.91 Å². The SMILES string of the molecule is CCN(CC)C(=O)C(C)Sc1ncccc1N. The van der Waals surface area contributed by atoms with Gasteiger partial charge in [-0.05, 0) is 32.9 Å². The lowest BCUT2D eigenvalue weighted by Crippen LogP contribution is -2.36. The molecule has 5 heteroatoms. The third kappa shape index (κ3) is 3.63. The van der Waals surface area contributed by atoms with Crippen molar-refractivity contribution >= 4 is 23.4 Å². The number of nitrogen functional groups attached to an aromatic ring is 1. The summed E-state index contributed by atoms with van der Waals surface area (Å²) in [6.07, 6.45) is 1.69. The molecule has 0 aliphatic rings. The second kappa shape index (κ2) is 6.49. The maximum atomic E-state index is 12.1. The Kier molecular flexibility index (Phi) is 5.28. The number of amides is 1. The normalized spacial score (nSPS) is 12.2. The van der Waals surface area contributed by atoms with Crippen LogP contribution in [0.5, 0.6) is 0 Å². The van der Waals surface area contributed by atoms with E-state index in [1.165, 1.54) is 11.8 Å². The van der Waals surface area contributed by atoms with Crippen LogP contribution < -0.4 is 5.73 Å². The van der Waals surface area contributed by atoms with Gasteiger partial charge in [-0.3, -0.25) is 4.79 Å². The lowest BCUT2D eigenvalue weighted by atomic mass is 10.4. The van der Waals surface area contributed by atoms with E-state index in [-0.39, 0.29) is 11.2 Å². The topological polar surface area (TPSA) is 59.2 Å². The van der Waals surface area contributed by atoms with Gasteiger partial charge in [-0.1, -0.05) is 11.8 Å². The number of nitrogens with zero attached hydrogens (tertiary/aromatic N) is 2. The highest BCUT2D eigenvalue weighted by Crippen LogP contribution is 2.26. The number of nitrogens with two attached hydrogens (primary N) is 1. The molecule has 1 unspecified atom stereocenters. The molecule has 0 aromatic carbocycles. The van der Waals surface area contributed by atoms with Crippen molar-refractivity contribution in [2.45, 2.75) is 31.0 Å². The van der Waals surface area contributed by atoms with E-state index in [2.05, 4.69) is 4.98 Å². The van der Waals surface area contributed by atoms with Crippen LogP contribution in [-0.4, -0.2) is 34.1 Å². The van der Waals surface area contributed by atoms with Crippen LogP contribution in [0.4, 0.5) is 5.69 Å². The summed E-state index contributed by atoms with van der Waals surface area (Å²) in [4.78, 5) is 18.1. The first-order valence-corrected chi connectivity index (χ1v) is 6.64. The molecule has 0 aliphatic heterocycles. The molecule has 1 rings (SSSR count). The Hall–Kier alpha value is -1.23. The highest BCUT2D eigenvalue weighted by atomic mass is 32.2. The number of thioether (sulfide) groups is 1. The molecule has 0 radical (unpaired) electrons. The standard InChI is InChI=1S/C12H19N3OS/c1-4-15(5-2)12(16)9(3)17-11-10(13)7-6-8-14-11/h6-9H,4-5,13H2,1-3H3. The first-order chi connectivity index (χ1) is 8.10. The average Bonchev–Trinajstić information content (AvgIpc) is 2.33. The van der Waals surface area contributed by atoms with Gasteiger partial charge < -0.3 is 10.6 Å². The van der Waals surface area contributed by atoms with E-state index in [0.717, 1.165) is 18.1 Å². The second-order valence-electron chi connectivity index (χ2n) is 3.67. The number of hydrogen-bond acceptors (Lipinski definition) is 4. The first kappa shape index (κ1) is 13.8. The molecule has 0 saturated carbocycles. The van der Waals surface area contributed by atoms with E-state index in [0.29, 0.717) is 5.69 Å². The molecule has 0 fully saturated rings. The molecule has 17 heavy (non-hydrogen) atoms. The minimum absolute atomic E-state index is 0.130. The minimum atomic E-state index is -0.160. The largest absolute Gasteiger partial charge is 0.397 e. The summed E-state index contributed by atoms with van der Waals surface area (Å²) in [7, 11) is 0. The van der Waals surface area contributed by atoms with Gasteiger partial charge in [0.1, 0.15) is 5.03 Å². The zero-order valence-electron chi connectivity index (χ0n) is 10.5. The number of carbonyl (C=O) groups is 1. The van der Waals surface area contributed by atoms with Crippen LogP contribution in [0.25, 0.3) is 0 Å². The van der Waals surface area contributed by atoms with Gasteiger partial charge in [-0.15, -0.1) is 0 Å². The Labute approximate surface area is 107 Å². The molecule has 4 nitrogen and oxygen atoms in total. The summed E-state index contributed by atoms with van der Waals surface area (Å²) in [6.45, 7) is 7.32. The van der Waals surface area contributed by atoms with E-state index in [4.69, 9.17) is 5.73 Å². The molecular weight excluding hydrogens is 234 g/mol. The Morgan fingerprint density at radius 3 is 2.71 bits per heavy atom. The van der Waals surface area contributed by atoms with E-state index >= 15 is 0 Å². The molecule has 2 N–H and O–H groups in total. The molecule has 0 spiro atoms. The molecule has 1 aromatic heterocycles. The van der Waals surface area contributed by atoms with Crippen molar-refractivity contribution in [2.75, 3.05) is 18.8 Å². The van der Waals surface area contributed by atoms with Crippen molar-refractivity contribution in [3.05, 3.63) is 18.3 Å². The molecule has 0 aliphatic carbocycles. The van der Waals surface area contributed by atoms with E-state index < -0.39 is 0 Å². The van der Waals surface area contributed by atoms with Crippen LogP contribution in [-0.2, 0) is 4.79 Å². The van der Waals surface area contributed by atoms with Gasteiger partial charge in [0.05, 0.1) is 10.9 Å². The van der Waals surface area contributed by atoms with E-state index in [9.17, 15) is 4.79 Å². The Bertz CT molecular complexity index is 380. The summed E-state index contributed by atoms with van der Waals surface area (Å²) >= 11 is 1.41. The van der Waals surface area contributed by atoms with Crippen molar-refractivity contribution in [3.8, 4) is 0 Å². The molecule has 1 aromatic rings. The van der Waals surface area contributed by atoms with Gasteiger partial charge in [0.25, 0.3) is 0 Å². The Morgan fingerprint density at radius 2 is 2.18 bits per heavy atom. The zero-order valence-corrected chi connectivity index (χ0v) is 11.3. The highest BCUT2D eigenvalue weighted by Gasteiger charge is 2.20. The highest BCUT2D eigenvalue weighted by molar-refractivity contribution is 8.00. The average molecular weight is 253 g/mol. The van der Waals surface area contributed by atoms with Gasteiger partial charge in [-0.2, -0.15) is 0 Å². The number of pyridine rings is 1. The van der Waals surface area contributed by atoms with Crippen LogP contribution in [0.1, 0.15) is 20.8 Å². The molecule has 0 saturated heterocycles. The number of rotatable bonds is 5. The number of anilines is 1. The smallest absolute Gasteiger partial charge is 0.235 e. The van der Waals surface area contributed by atoms with Crippen molar-refractivity contribution < 1.29 is 4.79 Å². The molecule has 0 bridgehead atoms. The minimum Gasteiger partial charge on any atom is -0.397 e. The summed E-state index contributed by atoms with van der Waals surface area (Å²) in [5.74, 6) is 0.130.